The molecule has 1 amide bonds. The first-order valence-corrected chi connectivity index (χ1v) is 5.58. The molecule has 0 aromatic heterocycles. The second-order valence-corrected chi connectivity index (χ2v) is 3.75. The smallest absolute Gasteiger partial charge is 0.258 e. The van der Waals surface area contributed by atoms with Crippen LogP contribution < -0.4 is 14.2 Å². The standard InChI is InChI=1S/C14H17NO4/c1-6-9-15(2)14(16)10-7-8-11(17-3)13(19-5)12(10)18-4/h1,7-8H,9H2,2-5H3. The predicted molar refractivity (Wildman–Crippen MR) is 71.9 cm³/mol. The molecule has 0 radical (unpaired) electrons. The van der Waals surface area contributed by atoms with Gasteiger partial charge in [-0.3, -0.25) is 4.79 Å². The highest BCUT2D eigenvalue weighted by Crippen LogP contribution is 2.39. The first-order valence-electron chi connectivity index (χ1n) is 5.58. The van der Waals surface area contributed by atoms with Gasteiger partial charge in [-0.05, 0) is 12.1 Å². The molecule has 1 aromatic rings. The summed E-state index contributed by atoms with van der Waals surface area (Å²) in [5.74, 6) is 3.38. The Kier molecular flexibility index (Phi) is 5.07. The number of benzene rings is 1. The van der Waals surface area contributed by atoms with Crippen molar-refractivity contribution in [2.45, 2.75) is 0 Å². The van der Waals surface area contributed by atoms with Gasteiger partial charge in [-0.15, -0.1) is 6.42 Å². The Morgan fingerprint density at radius 1 is 1.21 bits per heavy atom. The Hall–Kier alpha value is -2.35. The molecule has 5 heteroatoms. The van der Waals surface area contributed by atoms with E-state index in [9.17, 15) is 4.79 Å². The highest BCUT2D eigenvalue weighted by Gasteiger charge is 2.22. The maximum atomic E-state index is 12.2. The summed E-state index contributed by atoms with van der Waals surface area (Å²) >= 11 is 0. The number of nitrogens with zero attached hydrogens (tertiary/aromatic N) is 1. The van der Waals surface area contributed by atoms with Crippen LogP contribution in [-0.2, 0) is 0 Å². The molecule has 1 rings (SSSR count). The normalized spacial score (nSPS) is 9.42. The van der Waals surface area contributed by atoms with Gasteiger partial charge in [-0.1, -0.05) is 5.92 Å². The molecule has 0 heterocycles. The maximum absolute atomic E-state index is 12.2. The van der Waals surface area contributed by atoms with Crippen molar-refractivity contribution in [3.8, 4) is 29.6 Å². The lowest BCUT2D eigenvalue weighted by Gasteiger charge is -2.18. The van der Waals surface area contributed by atoms with E-state index in [2.05, 4.69) is 5.92 Å². The molecule has 5 nitrogen and oxygen atoms in total. The molecule has 0 bridgehead atoms. The fourth-order valence-corrected chi connectivity index (χ4v) is 1.68. The van der Waals surface area contributed by atoms with Crippen LogP contribution in [0.2, 0.25) is 0 Å². The maximum Gasteiger partial charge on any atom is 0.258 e. The van der Waals surface area contributed by atoms with E-state index in [0.29, 0.717) is 22.8 Å². The topological polar surface area (TPSA) is 48.0 Å². The zero-order valence-corrected chi connectivity index (χ0v) is 11.5. The van der Waals surface area contributed by atoms with Crippen LogP contribution in [0.25, 0.3) is 0 Å². The van der Waals surface area contributed by atoms with E-state index in [-0.39, 0.29) is 12.5 Å². The van der Waals surface area contributed by atoms with E-state index in [4.69, 9.17) is 20.6 Å². The average Bonchev–Trinajstić information content (AvgIpc) is 2.44. The molecule has 0 fully saturated rings. The second kappa shape index (κ2) is 6.55. The molecule has 0 saturated carbocycles. The molecule has 0 aliphatic rings. The minimum absolute atomic E-state index is 0.219. The summed E-state index contributed by atoms with van der Waals surface area (Å²) in [4.78, 5) is 13.7. The summed E-state index contributed by atoms with van der Waals surface area (Å²) < 4.78 is 15.6. The fraction of sp³-hybridized carbons (Fsp3) is 0.357. The molecule has 0 aliphatic heterocycles. The third-order valence-electron chi connectivity index (χ3n) is 2.61. The summed E-state index contributed by atoms with van der Waals surface area (Å²) in [6, 6.07) is 3.27. The lowest BCUT2D eigenvalue weighted by molar-refractivity contribution is 0.0808. The van der Waals surface area contributed by atoms with Crippen LogP contribution in [0.15, 0.2) is 12.1 Å². The van der Waals surface area contributed by atoms with Crippen molar-refractivity contribution in [2.24, 2.45) is 0 Å². The minimum atomic E-state index is -0.240. The van der Waals surface area contributed by atoms with Crippen LogP contribution in [0.4, 0.5) is 0 Å². The van der Waals surface area contributed by atoms with E-state index < -0.39 is 0 Å². The van der Waals surface area contributed by atoms with Crippen molar-refractivity contribution in [3.05, 3.63) is 17.7 Å². The van der Waals surface area contributed by atoms with E-state index in [0.717, 1.165) is 0 Å². The Morgan fingerprint density at radius 2 is 1.84 bits per heavy atom. The van der Waals surface area contributed by atoms with Crippen molar-refractivity contribution in [1.29, 1.82) is 0 Å². The van der Waals surface area contributed by atoms with E-state index in [1.54, 1.807) is 19.2 Å². The number of methoxy groups -OCH3 is 3. The van der Waals surface area contributed by atoms with Crippen LogP contribution in [0, 0.1) is 12.3 Å². The van der Waals surface area contributed by atoms with Crippen molar-refractivity contribution < 1.29 is 19.0 Å². The van der Waals surface area contributed by atoms with Gasteiger partial charge < -0.3 is 19.1 Å². The van der Waals surface area contributed by atoms with Gasteiger partial charge in [0.2, 0.25) is 5.75 Å². The van der Waals surface area contributed by atoms with Gasteiger partial charge in [0, 0.05) is 7.05 Å². The van der Waals surface area contributed by atoms with Gasteiger partial charge in [-0.25, -0.2) is 0 Å². The lowest BCUT2D eigenvalue weighted by atomic mass is 10.1. The monoisotopic (exact) mass is 263 g/mol. The number of terminal acetylenes is 1. The molecule has 0 N–H and O–H groups in total. The molecule has 0 spiro atoms. The lowest BCUT2D eigenvalue weighted by Crippen LogP contribution is -2.27. The van der Waals surface area contributed by atoms with Crippen LogP contribution in [0.3, 0.4) is 0 Å². The zero-order valence-electron chi connectivity index (χ0n) is 11.5. The number of rotatable bonds is 5. The molecular weight excluding hydrogens is 246 g/mol. The Labute approximate surface area is 113 Å². The SMILES string of the molecule is C#CCN(C)C(=O)c1ccc(OC)c(OC)c1OC. The third kappa shape index (κ3) is 2.91. The van der Waals surface area contributed by atoms with E-state index in [1.807, 2.05) is 0 Å². The molecule has 0 aliphatic carbocycles. The number of carbonyl (C=O) groups excluding carboxylic acids is 1. The van der Waals surface area contributed by atoms with Crippen LogP contribution in [0.1, 0.15) is 10.4 Å². The Balaban J connectivity index is 3.29. The largest absolute Gasteiger partial charge is 0.493 e. The van der Waals surface area contributed by atoms with Crippen molar-refractivity contribution >= 4 is 5.91 Å². The number of carbonyl (C=O) groups is 1. The number of hydrogen-bond acceptors (Lipinski definition) is 4. The summed E-state index contributed by atoms with van der Waals surface area (Å²) in [6.45, 7) is 0.219. The Bertz CT molecular complexity index is 505. The van der Waals surface area contributed by atoms with Gasteiger partial charge in [-0.2, -0.15) is 0 Å². The van der Waals surface area contributed by atoms with Crippen LogP contribution in [0.5, 0.6) is 17.2 Å². The minimum Gasteiger partial charge on any atom is -0.493 e. The predicted octanol–water partition coefficient (Wildman–Crippen LogP) is 1.42. The summed E-state index contributed by atoms with van der Waals surface area (Å²) in [6.07, 6.45) is 5.20. The van der Waals surface area contributed by atoms with Gasteiger partial charge in [0.1, 0.15) is 0 Å². The van der Waals surface area contributed by atoms with Gasteiger partial charge >= 0.3 is 0 Å². The highest BCUT2D eigenvalue weighted by atomic mass is 16.5. The number of ether oxygens (including phenoxy) is 3. The van der Waals surface area contributed by atoms with Crippen molar-refractivity contribution in [1.82, 2.24) is 4.90 Å². The average molecular weight is 263 g/mol. The molecule has 0 atom stereocenters. The van der Waals surface area contributed by atoms with Crippen LogP contribution >= 0.6 is 0 Å². The first-order chi connectivity index (χ1) is 9.10. The van der Waals surface area contributed by atoms with Gasteiger partial charge in [0.25, 0.3) is 5.91 Å². The fourth-order valence-electron chi connectivity index (χ4n) is 1.68. The van der Waals surface area contributed by atoms with E-state index >= 15 is 0 Å². The summed E-state index contributed by atoms with van der Waals surface area (Å²) in [5, 5.41) is 0. The molecule has 1 aromatic carbocycles. The van der Waals surface area contributed by atoms with Crippen LogP contribution in [-0.4, -0.2) is 45.7 Å². The summed E-state index contributed by atoms with van der Waals surface area (Å²) in [5.41, 5.74) is 0.373. The van der Waals surface area contributed by atoms with Gasteiger partial charge in [0.05, 0.1) is 33.4 Å². The van der Waals surface area contributed by atoms with Crippen molar-refractivity contribution in [3.63, 3.8) is 0 Å². The molecule has 102 valence electrons. The summed E-state index contributed by atoms with van der Waals surface area (Å²) in [7, 11) is 6.09. The number of amides is 1. The molecular formula is C14H17NO4. The first kappa shape index (κ1) is 14.7. The molecule has 0 saturated heterocycles. The van der Waals surface area contributed by atoms with Gasteiger partial charge in [0.15, 0.2) is 11.5 Å². The highest BCUT2D eigenvalue weighted by molar-refractivity contribution is 5.98. The molecule has 19 heavy (non-hydrogen) atoms. The second-order valence-electron chi connectivity index (χ2n) is 3.75. The zero-order chi connectivity index (χ0) is 14.4. The van der Waals surface area contributed by atoms with Crippen molar-refractivity contribution in [2.75, 3.05) is 34.9 Å². The molecule has 0 unspecified atom stereocenters. The third-order valence-corrected chi connectivity index (χ3v) is 2.61. The van der Waals surface area contributed by atoms with E-state index in [1.165, 1.54) is 26.2 Å². The Morgan fingerprint density at radius 3 is 2.32 bits per heavy atom. The quantitative estimate of drug-likeness (QED) is 0.754. The number of hydrogen-bond donors (Lipinski definition) is 0.